The number of carbonyl (C=O) groups is 2. The fourth-order valence-electron chi connectivity index (χ4n) is 2.43. The lowest BCUT2D eigenvalue weighted by molar-refractivity contribution is -0.124. The van der Waals surface area contributed by atoms with Gasteiger partial charge in [-0.15, -0.1) is 0 Å². The Morgan fingerprint density at radius 1 is 1.10 bits per heavy atom. The first-order valence-electron chi connectivity index (χ1n) is 6.99. The van der Waals surface area contributed by atoms with Crippen molar-refractivity contribution < 1.29 is 9.59 Å². The molecular weight excluding hydrogens is 276 g/mol. The summed E-state index contributed by atoms with van der Waals surface area (Å²) in [4.78, 5) is 23.6. The molecule has 0 radical (unpaired) electrons. The van der Waals surface area contributed by atoms with Crippen molar-refractivity contribution in [2.75, 3.05) is 13.1 Å². The van der Waals surface area contributed by atoms with Crippen LogP contribution in [0.15, 0.2) is 24.3 Å². The van der Waals surface area contributed by atoms with Crippen LogP contribution < -0.4 is 10.6 Å². The molecule has 20 heavy (non-hydrogen) atoms. The highest BCUT2D eigenvalue weighted by atomic mass is 35.5. The summed E-state index contributed by atoms with van der Waals surface area (Å²) in [6, 6.07) is 6.90. The molecular formula is C15H19ClN2O2. The Morgan fingerprint density at radius 3 is 2.45 bits per heavy atom. The van der Waals surface area contributed by atoms with Gasteiger partial charge in [0.05, 0.1) is 10.6 Å². The molecule has 108 valence electrons. The molecule has 0 saturated heterocycles. The van der Waals surface area contributed by atoms with E-state index in [9.17, 15) is 9.59 Å². The van der Waals surface area contributed by atoms with Gasteiger partial charge in [-0.25, -0.2) is 0 Å². The molecule has 1 fully saturated rings. The van der Waals surface area contributed by atoms with Gasteiger partial charge in [-0.05, 0) is 25.0 Å². The van der Waals surface area contributed by atoms with Crippen LogP contribution >= 0.6 is 11.6 Å². The molecule has 5 heteroatoms. The minimum absolute atomic E-state index is 0.106. The lowest BCUT2D eigenvalue weighted by atomic mass is 10.1. The maximum absolute atomic E-state index is 11.9. The third-order valence-electron chi connectivity index (χ3n) is 3.55. The molecule has 2 N–H and O–H groups in total. The first kappa shape index (κ1) is 14.9. The zero-order valence-corrected chi connectivity index (χ0v) is 12.1. The highest BCUT2D eigenvalue weighted by Gasteiger charge is 2.21. The summed E-state index contributed by atoms with van der Waals surface area (Å²) < 4.78 is 0. The van der Waals surface area contributed by atoms with Crippen LogP contribution in [0, 0.1) is 5.92 Å². The van der Waals surface area contributed by atoms with Gasteiger partial charge in [0.25, 0.3) is 5.91 Å². The Balaban J connectivity index is 1.69. The zero-order chi connectivity index (χ0) is 14.4. The van der Waals surface area contributed by atoms with Gasteiger partial charge < -0.3 is 10.6 Å². The van der Waals surface area contributed by atoms with E-state index in [4.69, 9.17) is 11.6 Å². The first-order valence-corrected chi connectivity index (χ1v) is 7.36. The second-order valence-electron chi connectivity index (χ2n) is 5.01. The van der Waals surface area contributed by atoms with Crippen LogP contribution in [0.1, 0.15) is 36.0 Å². The van der Waals surface area contributed by atoms with Crippen LogP contribution in [0.4, 0.5) is 0 Å². The van der Waals surface area contributed by atoms with E-state index in [0.29, 0.717) is 23.7 Å². The van der Waals surface area contributed by atoms with Crippen molar-refractivity contribution >= 4 is 23.4 Å². The number of carbonyl (C=O) groups excluding carboxylic acids is 2. The van der Waals surface area contributed by atoms with E-state index in [0.717, 1.165) is 25.7 Å². The van der Waals surface area contributed by atoms with E-state index in [1.165, 1.54) is 0 Å². The topological polar surface area (TPSA) is 58.2 Å². The Morgan fingerprint density at radius 2 is 1.75 bits per heavy atom. The molecule has 1 aliphatic carbocycles. The Hall–Kier alpha value is -1.55. The number of nitrogens with one attached hydrogen (secondary N) is 2. The maximum Gasteiger partial charge on any atom is 0.252 e. The largest absolute Gasteiger partial charge is 0.354 e. The van der Waals surface area contributed by atoms with E-state index in [-0.39, 0.29) is 17.7 Å². The minimum Gasteiger partial charge on any atom is -0.354 e. The summed E-state index contributed by atoms with van der Waals surface area (Å²) >= 11 is 5.94. The zero-order valence-electron chi connectivity index (χ0n) is 11.3. The molecule has 4 nitrogen and oxygen atoms in total. The van der Waals surface area contributed by atoms with Gasteiger partial charge >= 0.3 is 0 Å². The molecule has 2 amide bonds. The Labute approximate surface area is 123 Å². The average molecular weight is 295 g/mol. The smallest absolute Gasteiger partial charge is 0.252 e. The predicted octanol–water partition coefficient (Wildman–Crippen LogP) is 2.38. The third-order valence-corrected chi connectivity index (χ3v) is 3.88. The number of rotatable bonds is 5. The monoisotopic (exact) mass is 294 g/mol. The average Bonchev–Trinajstić information content (AvgIpc) is 2.98. The molecule has 1 saturated carbocycles. The predicted molar refractivity (Wildman–Crippen MR) is 78.8 cm³/mol. The highest BCUT2D eigenvalue weighted by molar-refractivity contribution is 6.33. The Kier molecular flexibility index (Phi) is 5.41. The molecule has 0 unspecified atom stereocenters. The lowest BCUT2D eigenvalue weighted by Gasteiger charge is -2.11. The normalized spacial score (nSPS) is 15.1. The number of benzene rings is 1. The van der Waals surface area contributed by atoms with Crippen molar-refractivity contribution in [3.8, 4) is 0 Å². The van der Waals surface area contributed by atoms with Crippen molar-refractivity contribution in [1.29, 1.82) is 0 Å². The SMILES string of the molecule is O=C(NCCNC(=O)C1CCCC1)c1ccccc1Cl. The van der Waals surface area contributed by atoms with E-state index >= 15 is 0 Å². The molecule has 1 aliphatic rings. The van der Waals surface area contributed by atoms with Crippen molar-refractivity contribution in [1.82, 2.24) is 10.6 Å². The summed E-state index contributed by atoms with van der Waals surface area (Å²) in [7, 11) is 0. The second-order valence-corrected chi connectivity index (χ2v) is 5.42. The number of amides is 2. The molecule has 0 bridgehead atoms. The van der Waals surface area contributed by atoms with Crippen molar-refractivity contribution in [3.05, 3.63) is 34.9 Å². The van der Waals surface area contributed by atoms with Gasteiger partial charge in [0.15, 0.2) is 0 Å². The Bertz CT molecular complexity index is 485. The van der Waals surface area contributed by atoms with Gasteiger partial charge in [0.1, 0.15) is 0 Å². The number of halogens is 1. The van der Waals surface area contributed by atoms with Crippen molar-refractivity contribution in [2.45, 2.75) is 25.7 Å². The molecule has 0 aliphatic heterocycles. The molecule has 0 heterocycles. The van der Waals surface area contributed by atoms with E-state index in [1.54, 1.807) is 24.3 Å². The van der Waals surface area contributed by atoms with Gasteiger partial charge in [0.2, 0.25) is 5.91 Å². The summed E-state index contributed by atoms with van der Waals surface area (Å²) in [5, 5.41) is 6.04. The maximum atomic E-state index is 11.9. The van der Waals surface area contributed by atoms with Crippen LogP contribution in [0.25, 0.3) is 0 Å². The molecule has 0 spiro atoms. The van der Waals surface area contributed by atoms with Crippen molar-refractivity contribution in [2.24, 2.45) is 5.92 Å². The van der Waals surface area contributed by atoms with Gasteiger partial charge in [-0.2, -0.15) is 0 Å². The molecule has 1 aromatic carbocycles. The summed E-state index contributed by atoms with van der Waals surface area (Å²) in [6.07, 6.45) is 4.25. The van der Waals surface area contributed by atoms with Gasteiger partial charge in [0, 0.05) is 19.0 Å². The molecule has 1 aromatic rings. The van der Waals surface area contributed by atoms with Gasteiger partial charge in [-0.3, -0.25) is 9.59 Å². The summed E-state index contributed by atoms with van der Waals surface area (Å²) in [5.74, 6) is 0.0504. The standard InChI is InChI=1S/C15H19ClN2O2/c16-13-8-4-3-7-12(13)15(20)18-10-9-17-14(19)11-5-1-2-6-11/h3-4,7-8,11H,1-2,5-6,9-10H2,(H,17,19)(H,18,20). The quantitative estimate of drug-likeness (QED) is 0.819. The van der Waals surface area contributed by atoms with Crippen molar-refractivity contribution in [3.63, 3.8) is 0 Å². The number of hydrogen-bond donors (Lipinski definition) is 2. The summed E-state index contributed by atoms with van der Waals surface area (Å²) in [6.45, 7) is 0.855. The minimum atomic E-state index is -0.217. The van der Waals surface area contributed by atoms with E-state index < -0.39 is 0 Å². The fourth-order valence-corrected chi connectivity index (χ4v) is 2.66. The van der Waals surface area contributed by atoms with Crippen LogP contribution in [0.5, 0.6) is 0 Å². The van der Waals surface area contributed by atoms with E-state index in [2.05, 4.69) is 10.6 Å². The summed E-state index contributed by atoms with van der Waals surface area (Å²) in [5.41, 5.74) is 0.455. The lowest BCUT2D eigenvalue weighted by Crippen LogP contribution is -2.37. The third kappa shape index (κ3) is 3.97. The van der Waals surface area contributed by atoms with Crippen LogP contribution in [0.2, 0.25) is 5.02 Å². The van der Waals surface area contributed by atoms with Crippen LogP contribution in [-0.4, -0.2) is 24.9 Å². The first-order chi connectivity index (χ1) is 9.68. The van der Waals surface area contributed by atoms with E-state index in [1.807, 2.05) is 0 Å². The fraction of sp³-hybridized carbons (Fsp3) is 0.467. The highest BCUT2D eigenvalue weighted by Crippen LogP contribution is 2.24. The van der Waals surface area contributed by atoms with Gasteiger partial charge in [-0.1, -0.05) is 36.6 Å². The number of hydrogen-bond acceptors (Lipinski definition) is 2. The molecule has 0 aromatic heterocycles. The second kappa shape index (κ2) is 7.29. The molecule has 0 atom stereocenters. The van der Waals surface area contributed by atoms with Crippen LogP contribution in [0.3, 0.4) is 0 Å². The molecule has 2 rings (SSSR count). The van der Waals surface area contributed by atoms with Crippen LogP contribution in [-0.2, 0) is 4.79 Å².